The summed E-state index contributed by atoms with van der Waals surface area (Å²) >= 11 is 3.32. The Hall–Kier alpha value is -3.18. The molecule has 0 fully saturated rings. The lowest BCUT2D eigenvalue weighted by Gasteiger charge is -2.11. The molecule has 176 valence electrons. The normalized spacial score (nSPS) is 13.0. The van der Waals surface area contributed by atoms with Crippen molar-refractivity contribution in [2.45, 2.75) is 26.5 Å². The average Bonchev–Trinajstić information content (AvgIpc) is 3.45. The largest absolute Gasteiger partial charge is 0.452 e. The van der Waals surface area contributed by atoms with Crippen molar-refractivity contribution in [2.24, 2.45) is 4.99 Å². The summed E-state index contributed by atoms with van der Waals surface area (Å²) < 4.78 is 7.80. The van der Waals surface area contributed by atoms with Crippen molar-refractivity contribution in [3.63, 3.8) is 0 Å². The Morgan fingerprint density at radius 2 is 1.88 bits per heavy atom. The number of hydrogen-bond donors (Lipinski definition) is 1. The zero-order valence-electron chi connectivity index (χ0n) is 19.1. The quantitative estimate of drug-likeness (QED) is 0.493. The number of hydrogen-bond acceptors (Lipinski definition) is 9. The number of aliphatic imine (C=N–C) groups is 1. The van der Waals surface area contributed by atoms with E-state index in [0.29, 0.717) is 28.8 Å². The minimum Gasteiger partial charge on any atom is -0.452 e. The molecule has 1 N–H and O–H groups in total. The van der Waals surface area contributed by atoms with Gasteiger partial charge in [0.05, 0.1) is 17.8 Å². The smallest absolute Gasteiger partial charge is 0.338 e. The van der Waals surface area contributed by atoms with Crippen molar-refractivity contribution in [3.8, 4) is 5.95 Å². The highest BCUT2D eigenvalue weighted by atomic mass is 32.2. The van der Waals surface area contributed by atoms with Crippen molar-refractivity contribution in [2.75, 3.05) is 24.2 Å². The minimum absolute atomic E-state index is 0.356. The molecule has 0 saturated heterocycles. The predicted octanol–water partition coefficient (Wildman–Crippen LogP) is 3.72. The van der Waals surface area contributed by atoms with Crippen LogP contribution in [0.25, 0.3) is 5.95 Å². The number of benzene rings is 1. The number of carbonyl (C=O) groups is 2. The van der Waals surface area contributed by atoms with Crippen LogP contribution in [0.5, 0.6) is 0 Å². The third-order valence-corrected chi connectivity index (χ3v) is 7.04. The fraction of sp³-hybridized carbons (Fsp3) is 0.304. The predicted molar refractivity (Wildman–Crippen MR) is 135 cm³/mol. The molecule has 34 heavy (non-hydrogen) atoms. The number of esters is 1. The SMILES string of the molecule is Cc1cc(C)nc(-n2nc(C)cc2NC(=O)COC(=O)c2ccccc2CSC2=NCCS2)n1. The first-order valence-electron chi connectivity index (χ1n) is 10.6. The number of nitrogens with one attached hydrogen (secondary N) is 1. The molecule has 4 rings (SSSR count). The van der Waals surface area contributed by atoms with Crippen LogP contribution in [0.3, 0.4) is 0 Å². The Morgan fingerprint density at radius 3 is 2.62 bits per heavy atom. The maximum Gasteiger partial charge on any atom is 0.338 e. The topological polar surface area (TPSA) is 111 Å². The van der Waals surface area contributed by atoms with Gasteiger partial charge in [0.15, 0.2) is 6.61 Å². The van der Waals surface area contributed by atoms with Crippen molar-refractivity contribution in [3.05, 3.63) is 64.6 Å². The highest BCUT2D eigenvalue weighted by Crippen LogP contribution is 2.26. The molecule has 1 aliphatic rings. The lowest BCUT2D eigenvalue weighted by atomic mass is 10.1. The molecule has 3 aromatic rings. The van der Waals surface area contributed by atoms with Crippen LogP contribution >= 0.6 is 23.5 Å². The molecule has 0 spiro atoms. The van der Waals surface area contributed by atoms with Crippen LogP contribution in [-0.2, 0) is 15.3 Å². The van der Waals surface area contributed by atoms with E-state index in [1.165, 1.54) is 4.68 Å². The highest BCUT2D eigenvalue weighted by Gasteiger charge is 2.18. The number of aromatic nitrogens is 4. The van der Waals surface area contributed by atoms with E-state index in [-0.39, 0.29) is 0 Å². The Kier molecular flexibility index (Phi) is 7.63. The molecule has 0 radical (unpaired) electrons. The molecule has 11 heteroatoms. The second-order valence-electron chi connectivity index (χ2n) is 7.60. The first kappa shape index (κ1) is 24.0. The van der Waals surface area contributed by atoms with Crippen LogP contribution in [0.1, 0.15) is 33.0 Å². The van der Waals surface area contributed by atoms with E-state index < -0.39 is 18.5 Å². The number of carbonyl (C=O) groups excluding carboxylic acids is 2. The summed E-state index contributed by atoms with van der Waals surface area (Å²) in [7, 11) is 0. The van der Waals surface area contributed by atoms with Gasteiger partial charge in [-0.3, -0.25) is 9.79 Å². The molecular formula is C23H24N6O3S2. The Balaban J connectivity index is 1.39. The van der Waals surface area contributed by atoms with Gasteiger partial charge in [-0.05, 0) is 38.5 Å². The van der Waals surface area contributed by atoms with E-state index in [9.17, 15) is 9.59 Å². The standard InChI is InChI=1S/C23H24N6O3S2/c1-14-10-15(2)26-22(25-14)29-19(11-16(3)28-29)27-20(30)12-32-21(31)18-7-5-4-6-17(18)13-34-23-24-8-9-33-23/h4-7,10-11H,8-9,12-13H2,1-3H3,(H,27,30). The van der Waals surface area contributed by atoms with E-state index in [0.717, 1.165) is 33.6 Å². The third-order valence-electron chi connectivity index (χ3n) is 4.74. The van der Waals surface area contributed by atoms with Crippen molar-refractivity contribution >= 4 is 45.6 Å². The minimum atomic E-state index is -0.547. The summed E-state index contributed by atoms with van der Waals surface area (Å²) in [5.41, 5.74) is 3.55. The first-order valence-corrected chi connectivity index (χ1v) is 12.6. The second-order valence-corrected chi connectivity index (χ2v) is 9.91. The van der Waals surface area contributed by atoms with Gasteiger partial charge >= 0.3 is 5.97 Å². The number of anilines is 1. The van der Waals surface area contributed by atoms with Crippen LogP contribution < -0.4 is 5.32 Å². The fourth-order valence-corrected chi connectivity index (χ4v) is 5.33. The lowest BCUT2D eigenvalue weighted by molar-refractivity contribution is -0.119. The van der Waals surface area contributed by atoms with Gasteiger partial charge in [0.2, 0.25) is 0 Å². The summed E-state index contributed by atoms with van der Waals surface area (Å²) in [6.07, 6.45) is 0. The summed E-state index contributed by atoms with van der Waals surface area (Å²) in [5.74, 6) is 1.33. The summed E-state index contributed by atoms with van der Waals surface area (Å²) in [5, 5.41) is 7.11. The number of nitrogens with zero attached hydrogens (tertiary/aromatic N) is 5. The molecule has 0 bridgehead atoms. The van der Waals surface area contributed by atoms with Crippen molar-refractivity contribution < 1.29 is 14.3 Å². The number of amides is 1. The van der Waals surface area contributed by atoms with Crippen LogP contribution in [0.15, 0.2) is 41.4 Å². The molecule has 1 amide bonds. The zero-order valence-corrected chi connectivity index (χ0v) is 20.7. The Morgan fingerprint density at radius 1 is 1.12 bits per heavy atom. The first-order chi connectivity index (χ1) is 16.4. The molecule has 1 aliphatic heterocycles. The molecule has 0 atom stereocenters. The third kappa shape index (κ3) is 6.03. The Labute approximate surface area is 205 Å². The van der Waals surface area contributed by atoms with Crippen molar-refractivity contribution in [1.29, 1.82) is 0 Å². The molecule has 2 aromatic heterocycles. The molecule has 0 unspecified atom stereocenters. The van der Waals surface area contributed by atoms with Crippen LogP contribution in [0.2, 0.25) is 0 Å². The zero-order chi connectivity index (χ0) is 24.1. The number of thioether (sulfide) groups is 2. The van der Waals surface area contributed by atoms with Gasteiger partial charge in [-0.1, -0.05) is 41.7 Å². The second kappa shape index (κ2) is 10.8. The number of ether oxygens (including phenoxy) is 1. The molecule has 9 nitrogen and oxygen atoms in total. The van der Waals surface area contributed by atoms with E-state index >= 15 is 0 Å². The number of aryl methyl sites for hydroxylation is 3. The van der Waals surface area contributed by atoms with Gasteiger partial charge in [0, 0.05) is 29.0 Å². The summed E-state index contributed by atoms with van der Waals surface area (Å²) in [6.45, 7) is 5.94. The van der Waals surface area contributed by atoms with Gasteiger partial charge in [-0.2, -0.15) is 9.78 Å². The molecule has 3 heterocycles. The van der Waals surface area contributed by atoms with E-state index in [4.69, 9.17) is 4.74 Å². The van der Waals surface area contributed by atoms with Crippen molar-refractivity contribution in [1.82, 2.24) is 19.7 Å². The lowest BCUT2D eigenvalue weighted by Crippen LogP contribution is -2.23. The maximum atomic E-state index is 12.7. The Bertz CT molecular complexity index is 1240. The van der Waals surface area contributed by atoms with E-state index in [2.05, 4.69) is 25.4 Å². The van der Waals surface area contributed by atoms with Crippen LogP contribution in [0, 0.1) is 20.8 Å². The molecule has 0 saturated carbocycles. The van der Waals surface area contributed by atoms with E-state index in [1.54, 1.807) is 48.6 Å². The van der Waals surface area contributed by atoms with Crippen LogP contribution in [-0.4, -0.2) is 54.9 Å². The van der Waals surface area contributed by atoms with Gasteiger partial charge in [-0.15, -0.1) is 0 Å². The maximum absolute atomic E-state index is 12.7. The van der Waals surface area contributed by atoms with Crippen LogP contribution in [0.4, 0.5) is 5.82 Å². The van der Waals surface area contributed by atoms with E-state index in [1.807, 2.05) is 32.0 Å². The summed E-state index contributed by atoms with van der Waals surface area (Å²) in [4.78, 5) is 38.5. The fourth-order valence-electron chi connectivity index (χ4n) is 3.32. The molecule has 0 aliphatic carbocycles. The number of rotatable bonds is 7. The van der Waals surface area contributed by atoms with Gasteiger partial charge in [0.25, 0.3) is 11.9 Å². The van der Waals surface area contributed by atoms with Gasteiger partial charge < -0.3 is 10.1 Å². The van der Waals surface area contributed by atoms with Gasteiger partial charge in [0.1, 0.15) is 10.2 Å². The highest BCUT2D eigenvalue weighted by molar-refractivity contribution is 8.38. The molecule has 1 aromatic carbocycles. The monoisotopic (exact) mass is 496 g/mol. The molecular weight excluding hydrogens is 472 g/mol. The average molecular weight is 497 g/mol. The van der Waals surface area contributed by atoms with Gasteiger partial charge in [-0.25, -0.2) is 14.8 Å². The summed E-state index contributed by atoms with van der Waals surface area (Å²) in [6, 6.07) is 10.8.